The van der Waals surface area contributed by atoms with Gasteiger partial charge in [-0.1, -0.05) is 0 Å². The zero-order valence-corrected chi connectivity index (χ0v) is 17.5. The molecule has 0 saturated carbocycles. The summed E-state index contributed by atoms with van der Waals surface area (Å²) in [5, 5.41) is 0. The average molecular weight is 418 g/mol. The third kappa shape index (κ3) is 5.12. The number of likely N-dealkylation sites (N-methyl/N-ethyl adjacent to an activating group) is 1. The SMILES string of the molecule is COc1cc(F)c(S(=O)(=O)NCCCN2CCCC2C(=O)N(C)C)cc1OC. The summed E-state index contributed by atoms with van der Waals surface area (Å²) < 4.78 is 51.6. The van der Waals surface area contributed by atoms with Crippen molar-refractivity contribution in [3.63, 3.8) is 0 Å². The summed E-state index contributed by atoms with van der Waals surface area (Å²) in [5.41, 5.74) is 0. The maximum absolute atomic E-state index is 14.2. The lowest BCUT2D eigenvalue weighted by Crippen LogP contribution is -2.43. The van der Waals surface area contributed by atoms with E-state index in [1.165, 1.54) is 14.2 Å². The van der Waals surface area contributed by atoms with Crippen molar-refractivity contribution in [1.29, 1.82) is 0 Å². The zero-order valence-electron chi connectivity index (χ0n) is 16.7. The summed E-state index contributed by atoms with van der Waals surface area (Å²) in [6, 6.07) is 1.92. The molecule has 1 heterocycles. The molecule has 0 aromatic heterocycles. The second kappa shape index (κ2) is 9.53. The number of halogens is 1. The number of sulfonamides is 1. The molecule has 1 N–H and O–H groups in total. The second-order valence-corrected chi connectivity index (χ2v) is 8.55. The fourth-order valence-electron chi connectivity index (χ4n) is 3.28. The van der Waals surface area contributed by atoms with Crippen molar-refractivity contribution in [2.75, 3.05) is 47.9 Å². The highest BCUT2D eigenvalue weighted by atomic mass is 32.2. The number of rotatable bonds is 9. The Hall–Kier alpha value is -1.91. The molecule has 0 spiro atoms. The molecule has 0 radical (unpaired) electrons. The largest absolute Gasteiger partial charge is 0.493 e. The maximum atomic E-state index is 14.2. The van der Waals surface area contributed by atoms with Crippen LogP contribution in [-0.2, 0) is 14.8 Å². The Balaban J connectivity index is 1.96. The lowest BCUT2D eigenvalue weighted by molar-refractivity contribution is -0.133. The summed E-state index contributed by atoms with van der Waals surface area (Å²) in [6.07, 6.45) is 2.25. The van der Waals surface area contributed by atoms with Crippen LogP contribution in [0.4, 0.5) is 4.39 Å². The molecule has 158 valence electrons. The highest BCUT2D eigenvalue weighted by Crippen LogP contribution is 2.31. The van der Waals surface area contributed by atoms with Gasteiger partial charge in [0.1, 0.15) is 10.7 Å². The van der Waals surface area contributed by atoms with Gasteiger partial charge in [-0.3, -0.25) is 9.69 Å². The topological polar surface area (TPSA) is 88.2 Å². The minimum Gasteiger partial charge on any atom is -0.493 e. The smallest absolute Gasteiger partial charge is 0.243 e. The summed E-state index contributed by atoms with van der Waals surface area (Å²) in [7, 11) is 2.10. The molecule has 1 atom stereocenters. The summed E-state index contributed by atoms with van der Waals surface area (Å²) in [6.45, 7) is 1.53. The van der Waals surface area contributed by atoms with Gasteiger partial charge in [-0.25, -0.2) is 17.5 Å². The van der Waals surface area contributed by atoms with Crippen LogP contribution in [0.3, 0.4) is 0 Å². The number of carbonyl (C=O) groups is 1. The van der Waals surface area contributed by atoms with Crippen LogP contribution in [0.25, 0.3) is 0 Å². The predicted molar refractivity (Wildman–Crippen MR) is 103 cm³/mol. The van der Waals surface area contributed by atoms with E-state index in [1.54, 1.807) is 19.0 Å². The number of hydrogen-bond donors (Lipinski definition) is 1. The van der Waals surface area contributed by atoms with Gasteiger partial charge < -0.3 is 14.4 Å². The van der Waals surface area contributed by atoms with Crippen LogP contribution in [0, 0.1) is 5.82 Å². The van der Waals surface area contributed by atoms with Gasteiger partial charge >= 0.3 is 0 Å². The van der Waals surface area contributed by atoms with Crippen molar-refractivity contribution in [3.05, 3.63) is 17.9 Å². The Morgan fingerprint density at radius 2 is 1.93 bits per heavy atom. The van der Waals surface area contributed by atoms with Crippen molar-refractivity contribution < 1.29 is 27.1 Å². The summed E-state index contributed by atoms with van der Waals surface area (Å²) in [5.74, 6) is -0.609. The van der Waals surface area contributed by atoms with Crippen LogP contribution < -0.4 is 14.2 Å². The third-order valence-electron chi connectivity index (χ3n) is 4.73. The van der Waals surface area contributed by atoms with E-state index in [0.717, 1.165) is 31.5 Å². The highest BCUT2D eigenvalue weighted by molar-refractivity contribution is 7.89. The van der Waals surface area contributed by atoms with E-state index in [-0.39, 0.29) is 30.0 Å². The molecule has 10 heteroatoms. The first-order valence-electron chi connectivity index (χ1n) is 9.07. The van der Waals surface area contributed by atoms with Crippen molar-refractivity contribution >= 4 is 15.9 Å². The van der Waals surface area contributed by atoms with E-state index in [9.17, 15) is 17.6 Å². The predicted octanol–water partition coefficient (Wildman–Crippen LogP) is 1.06. The fourth-order valence-corrected chi connectivity index (χ4v) is 4.43. The third-order valence-corrected chi connectivity index (χ3v) is 6.21. The van der Waals surface area contributed by atoms with Gasteiger partial charge in [-0.15, -0.1) is 0 Å². The van der Waals surface area contributed by atoms with E-state index in [1.807, 2.05) is 0 Å². The van der Waals surface area contributed by atoms with Crippen molar-refractivity contribution in [2.24, 2.45) is 0 Å². The lowest BCUT2D eigenvalue weighted by atomic mass is 10.2. The van der Waals surface area contributed by atoms with Gasteiger partial charge in [-0.05, 0) is 25.8 Å². The van der Waals surface area contributed by atoms with Gasteiger partial charge in [0, 0.05) is 39.3 Å². The minimum absolute atomic E-state index is 0.0606. The Morgan fingerprint density at radius 3 is 2.54 bits per heavy atom. The number of likely N-dealkylation sites (tertiary alicyclic amines) is 1. The molecule has 1 aromatic carbocycles. The number of carbonyl (C=O) groups excluding carboxylic acids is 1. The first kappa shape index (κ1) is 22.4. The number of amides is 1. The number of methoxy groups -OCH3 is 2. The molecule has 0 aliphatic carbocycles. The Morgan fingerprint density at radius 1 is 1.29 bits per heavy atom. The molecule has 0 bridgehead atoms. The lowest BCUT2D eigenvalue weighted by Gasteiger charge is -2.26. The number of nitrogens with zero attached hydrogens (tertiary/aromatic N) is 2. The summed E-state index contributed by atoms with van der Waals surface area (Å²) >= 11 is 0. The second-order valence-electron chi connectivity index (χ2n) is 6.82. The first-order valence-corrected chi connectivity index (χ1v) is 10.6. The van der Waals surface area contributed by atoms with Crippen LogP contribution in [0.1, 0.15) is 19.3 Å². The molecule has 28 heavy (non-hydrogen) atoms. The molecule has 8 nitrogen and oxygen atoms in total. The average Bonchev–Trinajstić information content (AvgIpc) is 3.12. The van der Waals surface area contributed by atoms with Gasteiger partial charge in [0.2, 0.25) is 15.9 Å². The van der Waals surface area contributed by atoms with E-state index in [2.05, 4.69) is 9.62 Å². The number of benzene rings is 1. The van der Waals surface area contributed by atoms with Crippen molar-refractivity contribution in [3.8, 4) is 11.5 Å². The van der Waals surface area contributed by atoms with Crippen LogP contribution >= 0.6 is 0 Å². The van der Waals surface area contributed by atoms with E-state index >= 15 is 0 Å². The minimum atomic E-state index is -4.04. The molecule has 1 saturated heterocycles. The van der Waals surface area contributed by atoms with Gasteiger partial charge in [0.15, 0.2) is 11.5 Å². The van der Waals surface area contributed by atoms with Gasteiger partial charge in [0.25, 0.3) is 0 Å². The molecular weight excluding hydrogens is 389 g/mol. The van der Waals surface area contributed by atoms with Gasteiger partial charge in [-0.2, -0.15) is 0 Å². The Bertz CT molecular complexity index is 801. The quantitative estimate of drug-likeness (QED) is 0.605. The first-order chi connectivity index (χ1) is 13.2. The van der Waals surface area contributed by atoms with E-state index in [4.69, 9.17) is 9.47 Å². The molecule has 1 aliphatic rings. The molecular formula is C18H28FN3O5S. The zero-order chi connectivity index (χ0) is 20.9. The molecule has 2 rings (SSSR count). The molecule has 1 aliphatic heterocycles. The number of nitrogens with one attached hydrogen (secondary N) is 1. The normalized spacial score (nSPS) is 17.5. The standard InChI is InChI=1S/C18H28FN3O5S/c1-21(2)18(23)14-7-5-9-22(14)10-6-8-20-28(24,25)17-12-16(27-4)15(26-3)11-13(17)19/h11-12,14,20H,5-10H2,1-4H3. The number of ether oxygens (including phenoxy) is 2. The monoisotopic (exact) mass is 417 g/mol. The Kier molecular flexibility index (Phi) is 7.62. The Labute approximate surface area is 165 Å². The maximum Gasteiger partial charge on any atom is 0.243 e. The molecule has 1 amide bonds. The van der Waals surface area contributed by atoms with Crippen molar-refractivity contribution in [2.45, 2.75) is 30.2 Å². The van der Waals surface area contributed by atoms with E-state index in [0.29, 0.717) is 13.0 Å². The van der Waals surface area contributed by atoms with Crippen LogP contribution in [0.15, 0.2) is 17.0 Å². The van der Waals surface area contributed by atoms with Crippen LogP contribution in [-0.4, -0.2) is 78.1 Å². The molecule has 1 unspecified atom stereocenters. The van der Waals surface area contributed by atoms with Crippen molar-refractivity contribution in [1.82, 2.24) is 14.5 Å². The van der Waals surface area contributed by atoms with Crippen LogP contribution in [0.5, 0.6) is 11.5 Å². The molecule has 1 fully saturated rings. The summed E-state index contributed by atoms with van der Waals surface area (Å²) in [4.78, 5) is 15.3. The highest BCUT2D eigenvalue weighted by Gasteiger charge is 2.31. The van der Waals surface area contributed by atoms with E-state index < -0.39 is 20.7 Å². The van der Waals surface area contributed by atoms with Crippen LogP contribution in [0.2, 0.25) is 0 Å². The fraction of sp³-hybridized carbons (Fsp3) is 0.611. The van der Waals surface area contributed by atoms with Gasteiger partial charge in [0.05, 0.1) is 20.3 Å². The number of hydrogen-bond acceptors (Lipinski definition) is 6. The molecule has 1 aromatic rings.